The van der Waals surface area contributed by atoms with E-state index in [-0.39, 0.29) is 23.2 Å². The fraction of sp³-hybridized carbons (Fsp3) is 0. The Morgan fingerprint density at radius 3 is 0.417 bits per heavy atom. The van der Waals surface area contributed by atoms with Crippen LogP contribution in [0.4, 0.5) is 0 Å². The van der Waals surface area contributed by atoms with Gasteiger partial charge in [-0.05, 0) is 0 Å². The summed E-state index contributed by atoms with van der Waals surface area (Å²) < 4.78 is 0. The third kappa shape index (κ3) is 88.8. The fourth-order valence-electron chi connectivity index (χ4n) is 0. The molecule has 0 saturated carbocycles. The van der Waals surface area contributed by atoms with E-state index in [0.717, 1.165) is 0 Å². The maximum absolute atomic E-state index is 6.25. The fourth-order valence-corrected chi connectivity index (χ4v) is 0. The molecule has 0 rings (SSSR count). The van der Waals surface area contributed by atoms with Crippen LogP contribution in [0.15, 0.2) is 0 Å². The molecule has 0 aliphatic heterocycles. The summed E-state index contributed by atoms with van der Waals surface area (Å²) in [7, 11) is 0. The Labute approximate surface area is 82.9 Å². The minimum atomic E-state index is 0. The van der Waals surface area contributed by atoms with E-state index in [1.807, 2.05) is 0 Å². The summed E-state index contributed by atoms with van der Waals surface area (Å²) >= 11 is 0. The molecule has 0 unspecified atom stereocenters. The van der Waals surface area contributed by atoms with Crippen molar-refractivity contribution in [3.8, 4) is 0 Å². The molecule has 0 atom stereocenters. The molecule has 0 aromatic carbocycles. The molecule has 0 aliphatic rings. The molecule has 0 aromatic heterocycles. The third-order valence-corrected chi connectivity index (χ3v) is 0. The molecule has 0 heterocycles. The summed E-state index contributed by atoms with van der Waals surface area (Å²) in [6.07, 6.45) is 0. The summed E-state index contributed by atoms with van der Waals surface area (Å²) in [5.74, 6) is 0. The van der Waals surface area contributed by atoms with Crippen molar-refractivity contribution in [2.24, 2.45) is 0 Å². The minimum Gasteiger partial charge on any atom is -0.344 e. The van der Waals surface area contributed by atoms with Gasteiger partial charge >= 0.3 is 0 Å². The van der Waals surface area contributed by atoms with Crippen molar-refractivity contribution in [3.05, 3.63) is 32.9 Å². The van der Waals surface area contributed by atoms with E-state index in [9.17, 15) is 0 Å². The quantitative estimate of drug-likeness (QED) is 0.569. The van der Waals surface area contributed by atoms with Gasteiger partial charge in [-0.3, -0.25) is 0 Å². The topological polar surface area (TPSA) is 154 Å². The van der Waals surface area contributed by atoms with Gasteiger partial charge in [0.05, 0.1) is 0 Å². The average molecular weight is 203 g/mol. The molecule has 0 bridgehead atoms. The van der Waals surface area contributed by atoms with Gasteiger partial charge in [0.15, 0.2) is 32.9 Å². The molecular weight excluding hydrogens is 200 g/mol. The molecule has 61 valence electrons. The Kier molecular flexibility index (Phi) is 1010. The number of nitrogens with zero attached hydrogens (tertiary/aromatic N) is 5. The van der Waals surface area contributed by atoms with Gasteiger partial charge in [-0.15, -0.1) is 0 Å². The van der Waals surface area contributed by atoms with E-state index < -0.39 is 0 Å². The summed E-state index contributed by atoms with van der Waals surface area (Å²) in [4.78, 5) is 0. The zero-order valence-electron chi connectivity index (χ0n) is 5.80. The van der Waals surface area contributed by atoms with Gasteiger partial charge in [0.25, 0.3) is 0 Å². The summed E-state index contributed by atoms with van der Waals surface area (Å²) in [5, 5.41) is 31.2. The monoisotopic (exact) mass is 203 g/mol. The first kappa shape index (κ1) is 92.3. The predicted octanol–water partition coefficient (Wildman–Crippen LogP) is 0.641. The van der Waals surface area contributed by atoms with Crippen molar-refractivity contribution in [1.29, 1.82) is 26.3 Å². The van der Waals surface area contributed by atoms with Crippen molar-refractivity contribution >= 4 is 0 Å². The van der Waals surface area contributed by atoms with Crippen LogP contribution in [0.1, 0.15) is 0 Å². The first-order valence-corrected chi connectivity index (χ1v) is 1.12. The standard InChI is InChI=1S/5CN.Fe.H3N/c5*1-2;;/h;;;;;;1H3. The molecule has 12 heavy (non-hydrogen) atoms. The van der Waals surface area contributed by atoms with Gasteiger partial charge in [0.2, 0.25) is 0 Å². The van der Waals surface area contributed by atoms with E-state index in [0.29, 0.717) is 0 Å². The molecule has 0 saturated heterocycles. The molecule has 3 N–H and O–H groups in total. The Morgan fingerprint density at radius 2 is 0.417 bits per heavy atom. The normalized spacial score (nSPS) is 0.833. The van der Waals surface area contributed by atoms with Gasteiger partial charge < -0.3 is 6.15 Å². The van der Waals surface area contributed by atoms with Crippen LogP contribution in [0.25, 0.3) is 0 Å². The van der Waals surface area contributed by atoms with Crippen LogP contribution in [0, 0.1) is 59.2 Å². The Morgan fingerprint density at radius 1 is 0.417 bits per heavy atom. The van der Waals surface area contributed by atoms with Crippen molar-refractivity contribution in [1.82, 2.24) is 6.15 Å². The van der Waals surface area contributed by atoms with Gasteiger partial charge in [-0.1, -0.05) is 0 Å². The summed E-state index contributed by atoms with van der Waals surface area (Å²) in [6, 6.07) is 0. The third-order valence-electron chi connectivity index (χ3n) is 0. The molecule has 0 fully saturated rings. The van der Waals surface area contributed by atoms with Gasteiger partial charge in [0, 0.05) is 17.1 Å². The van der Waals surface area contributed by atoms with E-state index in [1.54, 1.807) is 0 Å². The summed E-state index contributed by atoms with van der Waals surface area (Å²) in [6.45, 7) is 23.8. The van der Waals surface area contributed by atoms with E-state index >= 15 is 0 Å². The van der Waals surface area contributed by atoms with E-state index in [2.05, 4.69) is 0 Å². The minimum absolute atomic E-state index is 0. The molecule has 0 spiro atoms. The molecule has 0 amide bonds. The summed E-state index contributed by atoms with van der Waals surface area (Å²) in [5.41, 5.74) is 0. The Balaban J connectivity index is -0.00000000500. The van der Waals surface area contributed by atoms with E-state index in [1.165, 1.54) is 0 Å². The van der Waals surface area contributed by atoms with Gasteiger partial charge in [0.1, 0.15) is 0 Å². The Hall–Kier alpha value is -2.07. The zero-order valence-corrected chi connectivity index (χ0v) is 6.90. The second-order valence-electron chi connectivity index (χ2n) is 0. The number of hydrogen-bond donors (Lipinski definition) is 1. The van der Waals surface area contributed by atoms with Crippen molar-refractivity contribution in [2.45, 2.75) is 0 Å². The largest absolute Gasteiger partial charge is 0.344 e. The average Bonchev–Trinajstić information content (AvgIpc) is 2.20. The maximum Gasteiger partial charge on any atom is 0.181 e. The Bertz CT molecular complexity index is 74.5. The SMILES string of the molecule is N.[C]#N.[C]#N.[C]#N.[C]#N.[C]#N.[Fe]. The van der Waals surface area contributed by atoms with Crippen LogP contribution >= 0.6 is 0 Å². The van der Waals surface area contributed by atoms with Gasteiger partial charge in [-0.25, -0.2) is 0 Å². The van der Waals surface area contributed by atoms with Crippen molar-refractivity contribution < 1.29 is 17.1 Å². The molecule has 0 aromatic rings. The van der Waals surface area contributed by atoms with Crippen LogP contribution in [0.2, 0.25) is 0 Å². The van der Waals surface area contributed by atoms with Crippen molar-refractivity contribution in [2.75, 3.05) is 0 Å². The second-order valence-corrected chi connectivity index (χ2v) is 0. The second kappa shape index (κ2) is 131. The number of hydrogen-bond acceptors (Lipinski definition) is 6. The smallest absolute Gasteiger partial charge is 0.181 e. The first-order valence-electron chi connectivity index (χ1n) is 1.12. The molecule has 0 aliphatic carbocycles. The molecule has 5 radical (unpaired) electrons. The first-order chi connectivity index (χ1) is 5.00. The van der Waals surface area contributed by atoms with Gasteiger partial charge in [-0.2, -0.15) is 26.3 Å². The predicted molar refractivity (Wildman–Crippen MR) is 29.9 cm³/mol. The van der Waals surface area contributed by atoms with Crippen LogP contribution in [-0.4, -0.2) is 0 Å². The van der Waals surface area contributed by atoms with Crippen LogP contribution in [-0.2, 0) is 17.1 Å². The zero-order chi connectivity index (χ0) is 10.0. The van der Waals surface area contributed by atoms with Crippen molar-refractivity contribution in [3.63, 3.8) is 0 Å². The number of rotatable bonds is 0. The van der Waals surface area contributed by atoms with Crippen LogP contribution in [0.5, 0.6) is 0 Å². The maximum atomic E-state index is 6.25. The van der Waals surface area contributed by atoms with Crippen LogP contribution < -0.4 is 6.15 Å². The molecule has 6 nitrogen and oxygen atoms in total. The molecule has 7 heteroatoms. The molecular formula is C5H3FeN6. The van der Waals surface area contributed by atoms with E-state index in [4.69, 9.17) is 59.2 Å². The van der Waals surface area contributed by atoms with Crippen LogP contribution in [0.3, 0.4) is 0 Å².